The van der Waals surface area contributed by atoms with Gasteiger partial charge in [-0.3, -0.25) is 0 Å². The lowest BCUT2D eigenvalue weighted by Gasteiger charge is -2.00. The maximum Gasteiger partial charge on any atom is 0.117 e. The van der Waals surface area contributed by atoms with Gasteiger partial charge in [-0.25, -0.2) is 0 Å². The highest BCUT2D eigenvalue weighted by Gasteiger charge is 1.96. The molecule has 0 aromatic carbocycles. The molecule has 0 atom stereocenters. The summed E-state index contributed by atoms with van der Waals surface area (Å²) in [6.07, 6.45) is 6.35. The average molecular weight is 200 g/mol. The van der Waals surface area contributed by atoms with Crippen molar-refractivity contribution in [1.29, 1.82) is 0 Å². The maximum atomic E-state index is 8.37. The van der Waals surface area contributed by atoms with Gasteiger partial charge < -0.3 is 10.0 Å². The molecule has 0 rings (SSSR count). The second-order valence-corrected chi connectivity index (χ2v) is 3.12. The van der Waals surface area contributed by atoms with Crippen LogP contribution in [0, 0.1) is 0 Å². The van der Waals surface area contributed by atoms with Crippen LogP contribution in [0.15, 0.2) is 10.3 Å². The SMILES string of the molecule is CCCCON=C(C=NO)CCCC. The maximum absolute atomic E-state index is 8.37. The molecular weight excluding hydrogens is 180 g/mol. The predicted molar refractivity (Wildman–Crippen MR) is 58.1 cm³/mol. The van der Waals surface area contributed by atoms with Crippen molar-refractivity contribution in [2.45, 2.75) is 46.0 Å². The summed E-state index contributed by atoms with van der Waals surface area (Å²) < 4.78 is 0. The Kier molecular flexibility index (Phi) is 9.26. The standard InChI is InChI=1S/C10H20N2O2/c1-3-5-7-10(9-11-13)12-14-8-6-4-2/h9,13H,3-8H2,1-2H3. The van der Waals surface area contributed by atoms with E-state index in [9.17, 15) is 0 Å². The molecule has 14 heavy (non-hydrogen) atoms. The smallest absolute Gasteiger partial charge is 0.117 e. The fourth-order valence-electron chi connectivity index (χ4n) is 0.896. The molecule has 0 fully saturated rings. The van der Waals surface area contributed by atoms with Crippen LogP contribution in [0.4, 0.5) is 0 Å². The second-order valence-electron chi connectivity index (χ2n) is 3.12. The Morgan fingerprint density at radius 2 is 2.00 bits per heavy atom. The summed E-state index contributed by atoms with van der Waals surface area (Å²) in [5, 5.41) is 15.2. The number of nitrogens with zero attached hydrogens (tertiary/aromatic N) is 2. The lowest BCUT2D eigenvalue weighted by atomic mass is 10.2. The first-order valence-electron chi connectivity index (χ1n) is 5.21. The van der Waals surface area contributed by atoms with E-state index in [1.165, 1.54) is 6.21 Å². The lowest BCUT2D eigenvalue weighted by molar-refractivity contribution is 0.141. The molecule has 4 nitrogen and oxygen atoms in total. The van der Waals surface area contributed by atoms with E-state index in [0.29, 0.717) is 12.3 Å². The van der Waals surface area contributed by atoms with E-state index < -0.39 is 0 Å². The van der Waals surface area contributed by atoms with Gasteiger partial charge in [-0.15, -0.1) is 0 Å². The molecule has 0 aromatic rings. The highest BCUT2D eigenvalue weighted by molar-refractivity contribution is 6.30. The van der Waals surface area contributed by atoms with Gasteiger partial charge in [0.2, 0.25) is 0 Å². The third-order valence-electron chi connectivity index (χ3n) is 1.76. The average Bonchev–Trinajstić information content (AvgIpc) is 2.20. The first-order valence-corrected chi connectivity index (χ1v) is 5.21. The Morgan fingerprint density at radius 1 is 1.29 bits per heavy atom. The van der Waals surface area contributed by atoms with Gasteiger partial charge in [-0.05, 0) is 19.3 Å². The van der Waals surface area contributed by atoms with Gasteiger partial charge in [0.15, 0.2) is 0 Å². The summed E-state index contributed by atoms with van der Waals surface area (Å²) in [5.74, 6) is 0. The van der Waals surface area contributed by atoms with Gasteiger partial charge in [-0.2, -0.15) is 0 Å². The number of oxime groups is 2. The normalized spacial score (nSPS) is 12.3. The van der Waals surface area contributed by atoms with Crippen LogP contribution >= 0.6 is 0 Å². The number of unbranched alkanes of at least 4 members (excludes halogenated alkanes) is 2. The van der Waals surface area contributed by atoms with E-state index in [0.717, 1.165) is 32.1 Å². The van der Waals surface area contributed by atoms with E-state index in [1.807, 2.05) is 0 Å². The highest BCUT2D eigenvalue weighted by atomic mass is 16.6. The molecule has 0 aliphatic rings. The van der Waals surface area contributed by atoms with E-state index in [4.69, 9.17) is 10.0 Å². The Balaban J connectivity index is 3.79. The van der Waals surface area contributed by atoms with Crippen molar-refractivity contribution in [2.75, 3.05) is 6.61 Å². The number of hydrogen-bond acceptors (Lipinski definition) is 4. The third kappa shape index (κ3) is 7.58. The van der Waals surface area contributed by atoms with Crippen LogP contribution in [0.2, 0.25) is 0 Å². The third-order valence-corrected chi connectivity index (χ3v) is 1.76. The summed E-state index contributed by atoms with van der Waals surface area (Å²) in [4.78, 5) is 5.07. The van der Waals surface area contributed by atoms with Gasteiger partial charge in [0, 0.05) is 0 Å². The minimum absolute atomic E-state index is 0.630. The quantitative estimate of drug-likeness (QED) is 0.283. The monoisotopic (exact) mass is 200 g/mol. The zero-order chi connectivity index (χ0) is 10.6. The zero-order valence-electron chi connectivity index (χ0n) is 9.07. The molecule has 0 aromatic heterocycles. The first-order chi connectivity index (χ1) is 6.85. The molecule has 4 heteroatoms. The van der Waals surface area contributed by atoms with Crippen LogP contribution in [-0.2, 0) is 4.84 Å². The van der Waals surface area contributed by atoms with Crippen molar-refractivity contribution in [3.05, 3.63) is 0 Å². The van der Waals surface area contributed by atoms with Crippen molar-refractivity contribution in [1.82, 2.24) is 0 Å². The molecule has 0 heterocycles. The molecule has 1 N–H and O–H groups in total. The lowest BCUT2D eigenvalue weighted by Crippen LogP contribution is -2.02. The fraction of sp³-hybridized carbons (Fsp3) is 0.800. The van der Waals surface area contributed by atoms with Gasteiger partial charge in [-0.1, -0.05) is 37.0 Å². The molecule has 0 amide bonds. The Hall–Kier alpha value is -1.06. The van der Waals surface area contributed by atoms with Crippen LogP contribution in [0.3, 0.4) is 0 Å². The summed E-state index contributed by atoms with van der Waals surface area (Å²) >= 11 is 0. The van der Waals surface area contributed by atoms with E-state index >= 15 is 0 Å². The van der Waals surface area contributed by atoms with Crippen molar-refractivity contribution in [2.24, 2.45) is 10.3 Å². The number of rotatable bonds is 8. The minimum Gasteiger partial charge on any atom is -0.411 e. The summed E-state index contributed by atoms with van der Waals surface area (Å²) in [6, 6.07) is 0. The second kappa shape index (κ2) is 10.0. The number of hydrogen-bond donors (Lipinski definition) is 1. The van der Waals surface area contributed by atoms with Crippen LogP contribution in [-0.4, -0.2) is 23.7 Å². The highest BCUT2D eigenvalue weighted by Crippen LogP contribution is 1.97. The van der Waals surface area contributed by atoms with Crippen molar-refractivity contribution in [3.8, 4) is 0 Å². The van der Waals surface area contributed by atoms with Gasteiger partial charge in [0.25, 0.3) is 0 Å². The van der Waals surface area contributed by atoms with E-state index in [-0.39, 0.29) is 0 Å². The Labute approximate surface area is 85.6 Å². The van der Waals surface area contributed by atoms with Gasteiger partial charge in [0.1, 0.15) is 12.3 Å². The van der Waals surface area contributed by atoms with E-state index in [2.05, 4.69) is 24.2 Å². The molecule has 0 aliphatic heterocycles. The van der Waals surface area contributed by atoms with Gasteiger partial charge in [0.05, 0.1) is 6.21 Å². The predicted octanol–water partition coefficient (Wildman–Crippen LogP) is 2.81. The molecule has 0 saturated heterocycles. The topological polar surface area (TPSA) is 54.2 Å². The van der Waals surface area contributed by atoms with Crippen molar-refractivity contribution >= 4 is 11.9 Å². The molecule has 82 valence electrons. The van der Waals surface area contributed by atoms with Crippen molar-refractivity contribution < 1.29 is 10.0 Å². The van der Waals surface area contributed by atoms with Gasteiger partial charge >= 0.3 is 0 Å². The molecule has 0 bridgehead atoms. The van der Waals surface area contributed by atoms with Crippen LogP contribution in [0.1, 0.15) is 46.0 Å². The zero-order valence-corrected chi connectivity index (χ0v) is 9.07. The summed E-state index contributed by atoms with van der Waals surface area (Å²) in [6.45, 7) is 4.83. The molecule has 0 aliphatic carbocycles. The van der Waals surface area contributed by atoms with Crippen LogP contribution in [0.25, 0.3) is 0 Å². The largest absolute Gasteiger partial charge is 0.411 e. The first kappa shape index (κ1) is 12.9. The molecular formula is C10H20N2O2. The van der Waals surface area contributed by atoms with Crippen molar-refractivity contribution in [3.63, 3.8) is 0 Å². The Bertz CT molecular complexity index is 179. The molecule has 0 saturated carbocycles. The minimum atomic E-state index is 0.630. The Morgan fingerprint density at radius 3 is 2.57 bits per heavy atom. The molecule has 0 spiro atoms. The van der Waals surface area contributed by atoms with Crippen LogP contribution in [0.5, 0.6) is 0 Å². The molecule has 0 radical (unpaired) electrons. The van der Waals surface area contributed by atoms with Crippen LogP contribution < -0.4 is 0 Å². The van der Waals surface area contributed by atoms with E-state index in [1.54, 1.807) is 0 Å². The summed E-state index contributed by atoms with van der Waals surface area (Å²) in [5.41, 5.74) is 0.699. The fourth-order valence-corrected chi connectivity index (χ4v) is 0.896. The molecule has 0 unspecified atom stereocenters. The summed E-state index contributed by atoms with van der Waals surface area (Å²) in [7, 11) is 0.